The summed E-state index contributed by atoms with van der Waals surface area (Å²) in [5, 5.41) is 9.40. The van der Waals surface area contributed by atoms with Crippen molar-refractivity contribution in [2.45, 2.75) is 0 Å². The summed E-state index contributed by atoms with van der Waals surface area (Å²) in [7, 11) is 1.47. The Kier molecular flexibility index (Phi) is 2.89. The second kappa shape index (κ2) is 4.86. The lowest BCUT2D eigenvalue weighted by Gasteiger charge is -2.06. The van der Waals surface area contributed by atoms with Gasteiger partial charge < -0.3 is 4.74 Å². The molecular weight excluding hydrogens is 236 g/mol. The highest BCUT2D eigenvalue weighted by Gasteiger charge is 2.06. The van der Waals surface area contributed by atoms with Crippen molar-refractivity contribution in [3.05, 3.63) is 47.2 Å². The van der Waals surface area contributed by atoms with Crippen LogP contribution in [0.2, 0.25) is 5.02 Å². The summed E-state index contributed by atoms with van der Waals surface area (Å²) < 4.78 is 12.9. The normalized spacial score (nSPS) is 10.5. The van der Waals surface area contributed by atoms with Gasteiger partial charge in [-0.3, -0.25) is 0 Å². The average Bonchev–Trinajstić information content (AvgIpc) is 2.40. The minimum Gasteiger partial charge on any atom is -0.494 e. The van der Waals surface area contributed by atoms with E-state index in [4.69, 9.17) is 23.0 Å². The van der Waals surface area contributed by atoms with Gasteiger partial charge >= 0.3 is 0 Å². The number of nitrogens with zero attached hydrogens (tertiary/aromatic N) is 2. The maximum atomic E-state index is 8.86. The molecule has 2 rings (SSSR count). The maximum Gasteiger partial charge on any atom is 0.182 e. The molecule has 1 heterocycles. The van der Waals surface area contributed by atoms with Crippen molar-refractivity contribution < 1.29 is 6.11 Å². The Bertz CT molecular complexity index is 637. The number of aromatic nitrogens is 1. The number of hydrogen-bond acceptors (Lipinski definition) is 3. The zero-order chi connectivity index (χ0) is 13.1. The van der Waals surface area contributed by atoms with Crippen LogP contribution in [0.3, 0.4) is 0 Å². The summed E-state index contributed by atoms with van der Waals surface area (Å²) in [5.41, 5.74) is 1.56. The van der Waals surface area contributed by atoms with Crippen LogP contribution in [0.4, 0.5) is 0 Å². The number of hydrogen-bond donors (Lipinski definition) is 0. The lowest BCUT2D eigenvalue weighted by Crippen LogP contribution is -1.92. The first kappa shape index (κ1) is 10.1. The van der Waals surface area contributed by atoms with E-state index in [0.717, 1.165) is 0 Å². The van der Waals surface area contributed by atoms with Crippen LogP contribution in [0.25, 0.3) is 11.1 Å². The third kappa shape index (κ3) is 2.38. The fourth-order valence-electron chi connectivity index (χ4n) is 1.44. The molecule has 17 heavy (non-hydrogen) atoms. The average molecular weight is 246 g/mol. The van der Waals surface area contributed by atoms with Gasteiger partial charge in [0.25, 0.3) is 0 Å². The third-order valence-electron chi connectivity index (χ3n) is 2.25. The van der Waals surface area contributed by atoms with Crippen molar-refractivity contribution in [2.24, 2.45) is 0 Å². The molecular formula is C13H9ClN2O. The Labute approximate surface area is 106 Å². The second-order valence-corrected chi connectivity index (χ2v) is 3.74. The van der Waals surface area contributed by atoms with Crippen LogP contribution in [0.5, 0.6) is 5.75 Å². The maximum absolute atomic E-state index is 8.86. The lowest BCUT2D eigenvalue weighted by molar-refractivity contribution is 0.411. The Balaban J connectivity index is 2.58. The highest BCUT2D eigenvalue weighted by molar-refractivity contribution is 6.30. The molecule has 3 nitrogen and oxygen atoms in total. The van der Waals surface area contributed by atoms with E-state index >= 15 is 0 Å². The highest BCUT2D eigenvalue weighted by atomic mass is 35.5. The summed E-state index contributed by atoms with van der Waals surface area (Å²) in [6.07, 6.45) is 1.53. The summed E-state index contributed by atoms with van der Waals surface area (Å²) in [6.45, 7) is 0. The predicted octanol–water partition coefficient (Wildman–Crippen LogP) is 3.28. The van der Waals surface area contributed by atoms with Gasteiger partial charge in [-0.25, -0.2) is 4.98 Å². The number of ether oxygens (including phenoxy) is 1. The highest BCUT2D eigenvalue weighted by Crippen LogP contribution is 2.26. The van der Waals surface area contributed by atoms with E-state index in [-0.39, 0.29) is 5.69 Å². The van der Waals surface area contributed by atoms with E-state index < -0.39 is 0 Å². The lowest BCUT2D eigenvalue weighted by atomic mass is 10.1. The smallest absolute Gasteiger partial charge is 0.182 e. The number of pyridine rings is 1. The molecule has 84 valence electrons. The van der Waals surface area contributed by atoms with Gasteiger partial charge in [-0.15, -0.1) is 0 Å². The number of nitriles is 1. The molecule has 0 atom stereocenters. The second-order valence-electron chi connectivity index (χ2n) is 3.31. The van der Waals surface area contributed by atoms with Gasteiger partial charge in [0.2, 0.25) is 0 Å². The number of rotatable bonds is 2. The molecule has 0 aliphatic heterocycles. The van der Waals surface area contributed by atoms with Crippen LogP contribution < -0.4 is 4.74 Å². The molecule has 0 unspecified atom stereocenters. The van der Waals surface area contributed by atoms with E-state index in [1.807, 2.05) is 6.07 Å². The first-order chi connectivity index (χ1) is 8.65. The summed E-state index contributed by atoms with van der Waals surface area (Å²) in [4.78, 5) is 4.00. The molecule has 0 saturated carbocycles. The van der Waals surface area contributed by atoms with Crippen LogP contribution >= 0.6 is 11.6 Å². The molecule has 0 amide bonds. The Hall–Kier alpha value is -2.05. The molecule has 0 spiro atoms. The van der Waals surface area contributed by atoms with Crippen molar-refractivity contribution in [3.8, 4) is 22.9 Å². The standard InChI is InChI=1S/C13H9ClN2O/c1-17-13-6-10(8-16-12(13)7-15)9-3-2-4-11(14)5-9/h2-6,8H,1H3/i3D. The predicted molar refractivity (Wildman–Crippen MR) is 66.0 cm³/mol. The first-order valence-electron chi connectivity index (χ1n) is 5.36. The van der Waals surface area contributed by atoms with E-state index in [9.17, 15) is 0 Å². The molecule has 0 aliphatic rings. The van der Waals surface area contributed by atoms with Crippen LogP contribution in [0, 0.1) is 11.3 Å². The van der Waals surface area contributed by atoms with Crippen molar-refractivity contribution >= 4 is 11.6 Å². The zero-order valence-corrected chi connectivity index (χ0v) is 9.82. The topological polar surface area (TPSA) is 45.9 Å². The molecule has 0 saturated heterocycles. The number of halogens is 1. The van der Waals surface area contributed by atoms with Crippen LogP contribution in [0.15, 0.2) is 36.5 Å². The Morgan fingerprint density at radius 2 is 2.29 bits per heavy atom. The van der Waals surface area contributed by atoms with E-state index in [1.165, 1.54) is 13.3 Å². The molecule has 2 aromatic rings. The van der Waals surface area contributed by atoms with E-state index in [2.05, 4.69) is 4.98 Å². The SMILES string of the molecule is [2H]c1ccc(Cl)cc1-c1cnc(C#N)c(OC)c1. The molecule has 0 bridgehead atoms. The van der Waals surface area contributed by atoms with Gasteiger partial charge in [0, 0.05) is 16.8 Å². The summed E-state index contributed by atoms with van der Waals surface area (Å²) in [6, 6.07) is 8.91. The molecule has 0 N–H and O–H groups in total. The Morgan fingerprint density at radius 3 is 3.00 bits per heavy atom. The first-order valence-corrected chi connectivity index (χ1v) is 5.24. The summed E-state index contributed by atoms with van der Waals surface area (Å²) in [5.74, 6) is 0.384. The Morgan fingerprint density at radius 1 is 1.47 bits per heavy atom. The molecule has 0 radical (unpaired) electrons. The fourth-order valence-corrected chi connectivity index (χ4v) is 1.61. The van der Waals surface area contributed by atoms with Gasteiger partial charge in [0.1, 0.15) is 6.07 Å². The van der Waals surface area contributed by atoms with Gasteiger partial charge in [-0.1, -0.05) is 23.7 Å². The van der Waals surface area contributed by atoms with Crippen molar-refractivity contribution in [2.75, 3.05) is 7.11 Å². The minimum absolute atomic E-state index is 0.217. The molecule has 1 aromatic heterocycles. The van der Waals surface area contributed by atoms with Gasteiger partial charge in [0.15, 0.2) is 11.4 Å². The molecule has 1 aromatic carbocycles. The van der Waals surface area contributed by atoms with E-state index in [0.29, 0.717) is 27.9 Å². The largest absolute Gasteiger partial charge is 0.494 e. The summed E-state index contributed by atoms with van der Waals surface area (Å²) >= 11 is 5.91. The fraction of sp³-hybridized carbons (Fsp3) is 0.0769. The molecule has 0 aliphatic carbocycles. The minimum atomic E-state index is 0.217. The van der Waals surface area contributed by atoms with Crippen LogP contribution in [-0.4, -0.2) is 12.1 Å². The van der Waals surface area contributed by atoms with Gasteiger partial charge in [-0.2, -0.15) is 5.26 Å². The van der Waals surface area contributed by atoms with Crippen LogP contribution in [-0.2, 0) is 0 Å². The van der Waals surface area contributed by atoms with Crippen molar-refractivity contribution in [3.63, 3.8) is 0 Å². The molecule has 4 heteroatoms. The number of benzene rings is 1. The quantitative estimate of drug-likeness (QED) is 0.816. The van der Waals surface area contributed by atoms with E-state index in [1.54, 1.807) is 24.3 Å². The van der Waals surface area contributed by atoms with Crippen molar-refractivity contribution in [1.82, 2.24) is 4.98 Å². The van der Waals surface area contributed by atoms with Gasteiger partial charge in [-0.05, 0) is 23.8 Å². The number of methoxy groups -OCH3 is 1. The van der Waals surface area contributed by atoms with Gasteiger partial charge in [0.05, 0.1) is 8.48 Å². The molecule has 0 fully saturated rings. The zero-order valence-electron chi connectivity index (χ0n) is 10.1. The van der Waals surface area contributed by atoms with Crippen molar-refractivity contribution in [1.29, 1.82) is 5.26 Å². The van der Waals surface area contributed by atoms with Crippen LogP contribution in [0.1, 0.15) is 7.06 Å². The monoisotopic (exact) mass is 245 g/mol. The third-order valence-corrected chi connectivity index (χ3v) is 2.49.